The molecular formula is C15H17N5. The van der Waals surface area contributed by atoms with Crippen molar-refractivity contribution in [3.63, 3.8) is 0 Å². The highest BCUT2D eigenvalue weighted by Gasteiger charge is 2.11. The first-order valence-electron chi connectivity index (χ1n) is 6.73. The van der Waals surface area contributed by atoms with E-state index in [1.807, 2.05) is 18.2 Å². The van der Waals surface area contributed by atoms with Gasteiger partial charge in [0.05, 0.1) is 11.9 Å². The topological polar surface area (TPSA) is 66.5 Å². The lowest BCUT2D eigenvalue weighted by atomic mass is 10.1. The van der Waals surface area contributed by atoms with E-state index >= 15 is 0 Å². The second kappa shape index (κ2) is 5.28. The summed E-state index contributed by atoms with van der Waals surface area (Å²) in [5.74, 6) is 0.963. The fourth-order valence-electron chi connectivity index (χ4n) is 2.10. The Morgan fingerprint density at radius 2 is 2.00 bits per heavy atom. The number of aromatic amines is 1. The maximum absolute atomic E-state index is 4.56. The Labute approximate surface area is 117 Å². The van der Waals surface area contributed by atoms with Crippen LogP contribution in [0.4, 0.5) is 5.95 Å². The number of nitrogens with one attached hydrogen (secondary N) is 2. The monoisotopic (exact) mass is 267 g/mol. The van der Waals surface area contributed by atoms with E-state index in [4.69, 9.17) is 0 Å². The van der Waals surface area contributed by atoms with Crippen LogP contribution in [0.3, 0.4) is 0 Å². The van der Waals surface area contributed by atoms with Crippen LogP contribution >= 0.6 is 0 Å². The van der Waals surface area contributed by atoms with Crippen LogP contribution in [-0.2, 0) is 6.54 Å². The Balaban J connectivity index is 1.83. The van der Waals surface area contributed by atoms with Gasteiger partial charge in [-0.15, -0.1) is 0 Å². The first kappa shape index (κ1) is 12.6. The van der Waals surface area contributed by atoms with Crippen LogP contribution in [0.15, 0.2) is 36.5 Å². The number of H-pyrrole nitrogens is 1. The first-order chi connectivity index (χ1) is 9.74. The molecule has 5 heteroatoms. The summed E-state index contributed by atoms with van der Waals surface area (Å²) in [6.07, 6.45) is 1.77. The Bertz CT molecular complexity index is 703. The quantitative estimate of drug-likeness (QED) is 0.762. The number of rotatable bonds is 4. The van der Waals surface area contributed by atoms with Gasteiger partial charge in [-0.25, -0.2) is 9.97 Å². The van der Waals surface area contributed by atoms with E-state index in [1.54, 1.807) is 6.20 Å². The molecule has 0 radical (unpaired) electrons. The van der Waals surface area contributed by atoms with E-state index < -0.39 is 0 Å². The molecule has 0 aliphatic carbocycles. The fourth-order valence-corrected chi connectivity index (χ4v) is 2.10. The van der Waals surface area contributed by atoms with Crippen molar-refractivity contribution in [2.45, 2.75) is 26.3 Å². The van der Waals surface area contributed by atoms with Crippen molar-refractivity contribution in [1.29, 1.82) is 0 Å². The van der Waals surface area contributed by atoms with Gasteiger partial charge in [-0.3, -0.25) is 5.10 Å². The Kier molecular flexibility index (Phi) is 3.33. The molecule has 0 aliphatic rings. The molecule has 102 valence electrons. The van der Waals surface area contributed by atoms with Crippen molar-refractivity contribution >= 4 is 17.0 Å². The van der Waals surface area contributed by atoms with Crippen LogP contribution in [0.5, 0.6) is 0 Å². The number of nitrogens with zero attached hydrogens (tertiary/aromatic N) is 3. The molecule has 0 spiro atoms. The minimum absolute atomic E-state index is 0.334. The SMILES string of the molecule is CC(C)c1n[nH]c2cnc(NCc3ccccc3)nc12. The van der Waals surface area contributed by atoms with E-state index in [1.165, 1.54) is 5.56 Å². The smallest absolute Gasteiger partial charge is 0.223 e. The van der Waals surface area contributed by atoms with Gasteiger partial charge in [-0.05, 0) is 11.5 Å². The molecule has 2 N–H and O–H groups in total. The van der Waals surface area contributed by atoms with Gasteiger partial charge in [0.2, 0.25) is 5.95 Å². The van der Waals surface area contributed by atoms with Gasteiger partial charge < -0.3 is 5.32 Å². The third-order valence-corrected chi connectivity index (χ3v) is 3.17. The molecule has 0 atom stereocenters. The van der Waals surface area contributed by atoms with Gasteiger partial charge in [-0.2, -0.15) is 5.10 Å². The largest absolute Gasteiger partial charge is 0.350 e. The van der Waals surface area contributed by atoms with E-state index in [-0.39, 0.29) is 0 Å². The number of benzene rings is 1. The predicted molar refractivity (Wildman–Crippen MR) is 79.5 cm³/mol. The Hall–Kier alpha value is -2.43. The summed E-state index contributed by atoms with van der Waals surface area (Å²) in [5.41, 5.74) is 3.95. The summed E-state index contributed by atoms with van der Waals surface area (Å²) in [6, 6.07) is 10.2. The maximum atomic E-state index is 4.56. The highest BCUT2D eigenvalue weighted by atomic mass is 15.2. The van der Waals surface area contributed by atoms with Gasteiger partial charge in [0.1, 0.15) is 11.0 Å². The predicted octanol–water partition coefficient (Wildman–Crippen LogP) is 3.09. The normalized spacial score (nSPS) is 11.2. The van der Waals surface area contributed by atoms with Crippen molar-refractivity contribution in [2.75, 3.05) is 5.32 Å². The molecule has 0 saturated carbocycles. The van der Waals surface area contributed by atoms with Gasteiger partial charge >= 0.3 is 0 Å². The average molecular weight is 267 g/mol. The maximum Gasteiger partial charge on any atom is 0.223 e. The number of anilines is 1. The second-order valence-corrected chi connectivity index (χ2v) is 5.06. The van der Waals surface area contributed by atoms with Crippen LogP contribution in [0.2, 0.25) is 0 Å². The third-order valence-electron chi connectivity index (χ3n) is 3.17. The third kappa shape index (κ3) is 2.47. The second-order valence-electron chi connectivity index (χ2n) is 5.06. The molecule has 20 heavy (non-hydrogen) atoms. The van der Waals surface area contributed by atoms with Crippen molar-refractivity contribution in [2.24, 2.45) is 0 Å². The number of aromatic nitrogens is 4. The molecule has 1 aromatic carbocycles. The van der Waals surface area contributed by atoms with Gasteiger partial charge in [0, 0.05) is 6.54 Å². The zero-order valence-corrected chi connectivity index (χ0v) is 11.6. The first-order valence-corrected chi connectivity index (χ1v) is 6.73. The summed E-state index contributed by atoms with van der Waals surface area (Å²) in [6.45, 7) is 4.92. The molecule has 0 fully saturated rings. The van der Waals surface area contributed by atoms with Gasteiger partial charge in [-0.1, -0.05) is 44.2 Å². The molecule has 0 saturated heterocycles. The van der Waals surface area contributed by atoms with E-state index in [9.17, 15) is 0 Å². The summed E-state index contributed by atoms with van der Waals surface area (Å²) in [5, 5.41) is 10.5. The zero-order valence-electron chi connectivity index (χ0n) is 11.6. The Morgan fingerprint density at radius 1 is 1.20 bits per heavy atom. The van der Waals surface area contributed by atoms with Crippen molar-refractivity contribution in [1.82, 2.24) is 20.2 Å². The average Bonchev–Trinajstić information content (AvgIpc) is 2.89. The number of hydrogen-bond acceptors (Lipinski definition) is 4. The van der Waals surface area contributed by atoms with Gasteiger partial charge in [0.25, 0.3) is 0 Å². The molecule has 5 nitrogen and oxygen atoms in total. The Morgan fingerprint density at radius 3 is 2.75 bits per heavy atom. The van der Waals surface area contributed by atoms with Crippen LogP contribution < -0.4 is 5.32 Å². The lowest BCUT2D eigenvalue weighted by Gasteiger charge is -2.05. The summed E-state index contributed by atoms with van der Waals surface area (Å²) >= 11 is 0. The van der Waals surface area contributed by atoms with Crippen LogP contribution in [0, 0.1) is 0 Å². The van der Waals surface area contributed by atoms with Crippen LogP contribution in [-0.4, -0.2) is 20.2 Å². The summed E-state index contributed by atoms with van der Waals surface area (Å²) < 4.78 is 0. The van der Waals surface area contributed by atoms with Gasteiger partial charge in [0.15, 0.2) is 0 Å². The zero-order chi connectivity index (χ0) is 13.9. The van der Waals surface area contributed by atoms with E-state index in [0.29, 0.717) is 18.4 Å². The van der Waals surface area contributed by atoms with E-state index in [0.717, 1.165) is 16.7 Å². The molecule has 2 heterocycles. The number of hydrogen-bond donors (Lipinski definition) is 2. The van der Waals surface area contributed by atoms with Crippen molar-refractivity contribution in [3.8, 4) is 0 Å². The molecule has 0 aliphatic heterocycles. The molecular weight excluding hydrogens is 250 g/mol. The summed E-state index contributed by atoms with van der Waals surface area (Å²) in [4.78, 5) is 8.86. The van der Waals surface area contributed by atoms with Crippen molar-refractivity contribution in [3.05, 3.63) is 47.8 Å². The molecule has 3 rings (SSSR count). The molecule has 0 bridgehead atoms. The molecule has 3 aromatic rings. The van der Waals surface area contributed by atoms with Crippen LogP contribution in [0.1, 0.15) is 31.0 Å². The van der Waals surface area contributed by atoms with Crippen LogP contribution in [0.25, 0.3) is 11.0 Å². The number of fused-ring (bicyclic) bond motifs is 1. The highest BCUT2D eigenvalue weighted by Crippen LogP contribution is 2.21. The highest BCUT2D eigenvalue weighted by molar-refractivity contribution is 5.77. The summed E-state index contributed by atoms with van der Waals surface area (Å²) in [7, 11) is 0. The molecule has 0 unspecified atom stereocenters. The lowest BCUT2D eigenvalue weighted by Crippen LogP contribution is -2.03. The van der Waals surface area contributed by atoms with Crippen molar-refractivity contribution < 1.29 is 0 Å². The lowest BCUT2D eigenvalue weighted by molar-refractivity contribution is 0.815. The molecule has 0 amide bonds. The minimum Gasteiger partial charge on any atom is -0.350 e. The fraction of sp³-hybridized carbons (Fsp3) is 0.267. The standard InChI is InChI=1S/C15H17N5/c1-10(2)13-14-12(19-20-13)9-17-15(18-14)16-8-11-6-4-3-5-7-11/h3-7,9-10H,8H2,1-2H3,(H,19,20)(H,16,17,18). The molecule has 2 aromatic heterocycles. The van der Waals surface area contributed by atoms with E-state index in [2.05, 4.69) is 51.5 Å². The minimum atomic E-state index is 0.334.